The highest BCUT2D eigenvalue weighted by Gasteiger charge is 2.16. The maximum Gasteiger partial charge on any atom is 0.0701 e. The Morgan fingerprint density at radius 3 is 3.00 bits per heavy atom. The summed E-state index contributed by atoms with van der Waals surface area (Å²) in [6, 6.07) is 4.36. The van der Waals surface area contributed by atoms with E-state index >= 15 is 0 Å². The van der Waals surface area contributed by atoms with E-state index in [0.717, 1.165) is 13.1 Å². The molecular weight excluding hydrogens is 254 g/mol. The van der Waals surface area contributed by atoms with Crippen molar-refractivity contribution in [2.24, 2.45) is 0 Å². The van der Waals surface area contributed by atoms with Crippen LogP contribution in [-0.2, 0) is 0 Å². The summed E-state index contributed by atoms with van der Waals surface area (Å²) in [5, 5.41) is 4.09. The minimum Gasteiger partial charge on any atom is -0.314 e. The molecule has 12 heavy (non-hydrogen) atoms. The van der Waals surface area contributed by atoms with Crippen molar-refractivity contribution < 1.29 is 0 Å². The molecule has 4 heteroatoms. The molecule has 1 aliphatic heterocycles. The van der Waals surface area contributed by atoms with E-state index in [2.05, 4.69) is 45.1 Å². The lowest BCUT2D eigenvalue weighted by molar-refractivity contribution is 0.694. The molecule has 0 aromatic carbocycles. The molecule has 1 aromatic rings. The van der Waals surface area contributed by atoms with E-state index < -0.39 is 0 Å². The zero-order chi connectivity index (χ0) is 8.39. The summed E-state index contributed by atoms with van der Waals surface area (Å²) >= 11 is 7.39. The summed E-state index contributed by atoms with van der Waals surface area (Å²) in [6.07, 6.45) is 0. The summed E-state index contributed by atoms with van der Waals surface area (Å²) in [6.45, 7) is 2.28. The summed E-state index contributed by atoms with van der Waals surface area (Å²) in [7, 11) is 0. The van der Waals surface area contributed by atoms with Crippen molar-refractivity contribution in [3.63, 3.8) is 0 Å². The monoisotopic (exact) mass is 263 g/mol. The molecule has 1 aliphatic rings. The van der Waals surface area contributed by atoms with Crippen molar-refractivity contribution in [1.82, 2.24) is 5.32 Å². The third kappa shape index (κ3) is 2.05. The second kappa shape index (κ2) is 4.13. The Bertz CT molecular complexity index is 255. The van der Waals surface area contributed by atoms with E-state index in [9.17, 15) is 0 Å². The zero-order valence-electron chi connectivity index (χ0n) is 6.55. The van der Waals surface area contributed by atoms with Gasteiger partial charge in [0.25, 0.3) is 0 Å². The molecule has 1 unspecified atom stereocenters. The number of rotatable bonds is 1. The normalized spacial score (nSPS) is 24.2. The van der Waals surface area contributed by atoms with Gasteiger partial charge < -0.3 is 5.32 Å². The number of hydrogen-bond donors (Lipinski definition) is 1. The largest absolute Gasteiger partial charge is 0.314 e. The maximum absolute atomic E-state index is 3.49. The molecule has 0 spiro atoms. The first-order valence-corrected chi connectivity index (χ1v) is 6.59. The van der Waals surface area contributed by atoms with Crippen LogP contribution in [0.3, 0.4) is 0 Å². The van der Waals surface area contributed by atoms with E-state index in [1.165, 1.54) is 14.4 Å². The Morgan fingerprint density at radius 1 is 1.50 bits per heavy atom. The summed E-state index contributed by atoms with van der Waals surface area (Å²) in [5.41, 5.74) is 0. The molecule has 2 rings (SSSR count). The second-order valence-electron chi connectivity index (χ2n) is 2.71. The minimum absolute atomic E-state index is 0.676. The molecule has 66 valence electrons. The molecule has 0 saturated carbocycles. The fourth-order valence-electron chi connectivity index (χ4n) is 1.25. The lowest BCUT2D eigenvalue weighted by Gasteiger charge is -2.20. The second-order valence-corrected chi connectivity index (χ2v) is 6.51. The van der Waals surface area contributed by atoms with Gasteiger partial charge in [0.2, 0.25) is 0 Å². The van der Waals surface area contributed by atoms with Gasteiger partial charge in [-0.05, 0) is 28.1 Å². The first-order valence-electron chi connectivity index (χ1n) is 3.94. The fourth-order valence-corrected chi connectivity index (χ4v) is 4.03. The molecule has 1 fully saturated rings. The van der Waals surface area contributed by atoms with E-state index in [4.69, 9.17) is 0 Å². The summed E-state index contributed by atoms with van der Waals surface area (Å²) < 4.78 is 1.24. The number of thioether (sulfide) groups is 1. The van der Waals surface area contributed by atoms with Crippen molar-refractivity contribution in [3.8, 4) is 0 Å². The summed E-state index contributed by atoms with van der Waals surface area (Å²) in [4.78, 5) is 1.49. The Balaban J connectivity index is 2.08. The summed E-state index contributed by atoms with van der Waals surface area (Å²) in [5.74, 6) is 1.24. The van der Waals surface area contributed by atoms with E-state index in [1.54, 1.807) is 0 Å². The third-order valence-corrected chi connectivity index (χ3v) is 4.99. The quantitative estimate of drug-likeness (QED) is 0.837. The molecule has 0 radical (unpaired) electrons. The van der Waals surface area contributed by atoms with Gasteiger partial charge in [0.1, 0.15) is 0 Å². The van der Waals surface area contributed by atoms with Crippen molar-refractivity contribution in [2.45, 2.75) is 5.25 Å². The molecule has 1 aromatic heterocycles. The third-order valence-electron chi connectivity index (χ3n) is 1.84. The van der Waals surface area contributed by atoms with Crippen molar-refractivity contribution in [1.29, 1.82) is 0 Å². The first kappa shape index (κ1) is 9.06. The Morgan fingerprint density at radius 2 is 2.42 bits per heavy atom. The Kier molecular flexibility index (Phi) is 3.12. The zero-order valence-corrected chi connectivity index (χ0v) is 9.77. The van der Waals surface area contributed by atoms with Gasteiger partial charge in [0.15, 0.2) is 0 Å². The molecule has 0 amide bonds. The van der Waals surface area contributed by atoms with Gasteiger partial charge >= 0.3 is 0 Å². The van der Waals surface area contributed by atoms with Gasteiger partial charge in [0, 0.05) is 23.7 Å². The minimum atomic E-state index is 0.676. The van der Waals surface area contributed by atoms with Crippen LogP contribution >= 0.6 is 39.0 Å². The maximum atomic E-state index is 3.49. The van der Waals surface area contributed by atoms with Crippen LogP contribution in [0.25, 0.3) is 0 Å². The number of halogens is 1. The predicted octanol–water partition coefficient (Wildman–Crippen LogP) is 2.89. The predicted molar refractivity (Wildman–Crippen MR) is 60.1 cm³/mol. The van der Waals surface area contributed by atoms with Crippen LogP contribution < -0.4 is 5.32 Å². The van der Waals surface area contributed by atoms with Crippen molar-refractivity contribution in [3.05, 3.63) is 20.8 Å². The van der Waals surface area contributed by atoms with Crippen LogP contribution in [0.4, 0.5) is 0 Å². The van der Waals surface area contributed by atoms with Crippen molar-refractivity contribution in [2.75, 3.05) is 18.8 Å². The number of hydrogen-bond acceptors (Lipinski definition) is 3. The number of thiophene rings is 1. The fraction of sp³-hybridized carbons (Fsp3) is 0.500. The molecule has 2 heterocycles. The molecule has 1 atom stereocenters. The highest BCUT2D eigenvalue weighted by molar-refractivity contribution is 9.11. The highest BCUT2D eigenvalue weighted by atomic mass is 79.9. The van der Waals surface area contributed by atoms with E-state index in [1.807, 2.05) is 11.3 Å². The molecule has 1 nitrogen and oxygen atoms in total. The van der Waals surface area contributed by atoms with Crippen LogP contribution in [0.2, 0.25) is 0 Å². The molecule has 0 aliphatic carbocycles. The molecule has 1 saturated heterocycles. The SMILES string of the molecule is Brc1ccc(C2CNCCS2)s1. The lowest BCUT2D eigenvalue weighted by Crippen LogP contribution is -2.27. The van der Waals surface area contributed by atoms with Gasteiger partial charge in [-0.2, -0.15) is 11.8 Å². The van der Waals surface area contributed by atoms with E-state index in [-0.39, 0.29) is 0 Å². The van der Waals surface area contributed by atoms with Crippen molar-refractivity contribution >= 4 is 39.0 Å². The van der Waals surface area contributed by atoms with Crippen LogP contribution in [0.15, 0.2) is 15.9 Å². The molecular formula is C8H10BrNS2. The lowest BCUT2D eigenvalue weighted by atomic mass is 10.3. The smallest absolute Gasteiger partial charge is 0.0701 e. The van der Waals surface area contributed by atoms with Gasteiger partial charge in [0.05, 0.1) is 9.04 Å². The van der Waals surface area contributed by atoms with E-state index in [0.29, 0.717) is 5.25 Å². The van der Waals surface area contributed by atoms with Crippen LogP contribution in [0.1, 0.15) is 10.1 Å². The van der Waals surface area contributed by atoms with Crippen LogP contribution in [-0.4, -0.2) is 18.8 Å². The number of nitrogens with one attached hydrogen (secondary N) is 1. The molecule has 0 bridgehead atoms. The van der Waals surface area contributed by atoms with Gasteiger partial charge in [-0.25, -0.2) is 0 Å². The van der Waals surface area contributed by atoms with Crippen LogP contribution in [0.5, 0.6) is 0 Å². The first-order chi connectivity index (χ1) is 5.86. The highest BCUT2D eigenvalue weighted by Crippen LogP contribution is 2.36. The topological polar surface area (TPSA) is 12.0 Å². The average Bonchev–Trinajstić information content (AvgIpc) is 2.54. The average molecular weight is 264 g/mol. The molecule has 1 N–H and O–H groups in total. The van der Waals surface area contributed by atoms with Gasteiger partial charge in [-0.3, -0.25) is 0 Å². The Hall–Kier alpha value is 0.490. The van der Waals surface area contributed by atoms with Crippen LogP contribution in [0, 0.1) is 0 Å². The Labute approximate surface area is 89.1 Å². The van der Waals surface area contributed by atoms with Gasteiger partial charge in [-0.1, -0.05) is 0 Å². The van der Waals surface area contributed by atoms with Gasteiger partial charge in [-0.15, -0.1) is 11.3 Å². The standard InChI is InChI=1S/C8H10BrNS2/c9-8-2-1-6(12-8)7-5-10-3-4-11-7/h1-2,7,10H,3-5H2.